The SMILES string of the molecule is Nc1ccccc1OP(=O)(CCl)Oc1ccccc1N. The standard InChI is InChI=1S/C13H14ClN2O3P/c14-9-20(17,18-12-7-3-1-5-10(12)15)19-13-8-4-2-6-11(13)16/h1-8H,9,15-16H2. The highest BCUT2D eigenvalue weighted by Crippen LogP contribution is 2.51. The Kier molecular flexibility index (Phi) is 4.42. The Balaban J connectivity index is 2.24. The molecule has 0 spiro atoms. The molecule has 5 nitrogen and oxygen atoms in total. The van der Waals surface area contributed by atoms with Gasteiger partial charge in [-0.25, -0.2) is 4.57 Å². The minimum Gasteiger partial charge on any atom is -0.413 e. The highest BCUT2D eigenvalue weighted by atomic mass is 35.5. The minimum atomic E-state index is -3.59. The van der Waals surface area contributed by atoms with Gasteiger partial charge in [-0.15, -0.1) is 11.6 Å². The first-order chi connectivity index (χ1) is 9.54. The average Bonchev–Trinajstić information content (AvgIpc) is 2.44. The molecular weight excluding hydrogens is 299 g/mol. The average molecular weight is 313 g/mol. The second-order valence-corrected chi connectivity index (χ2v) is 6.53. The molecule has 0 bridgehead atoms. The molecule has 2 rings (SSSR count). The van der Waals surface area contributed by atoms with E-state index in [1.54, 1.807) is 48.5 Å². The van der Waals surface area contributed by atoms with E-state index in [-0.39, 0.29) is 17.1 Å². The molecule has 0 fully saturated rings. The van der Waals surface area contributed by atoms with Gasteiger partial charge < -0.3 is 20.5 Å². The summed E-state index contributed by atoms with van der Waals surface area (Å²) in [5.74, 6) is 0.511. The molecule has 20 heavy (non-hydrogen) atoms. The molecule has 7 heteroatoms. The van der Waals surface area contributed by atoms with Crippen LogP contribution in [0.5, 0.6) is 11.5 Å². The Bertz CT molecular complexity index is 600. The van der Waals surface area contributed by atoms with Crippen LogP contribution < -0.4 is 20.5 Å². The van der Waals surface area contributed by atoms with Gasteiger partial charge in [-0.05, 0) is 24.3 Å². The number of alkyl halides is 1. The Morgan fingerprint density at radius 3 is 1.65 bits per heavy atom. The van der Waals surface area contributed by atoms with Crippen molar-refractivity contribution in [2.45, 2.75) is 0 Å². The van der Waals surface area contributed by atoms with Crippen molar-refractivity contribution >= 4 is 30.6 Å². The quantitative estimate of drug-likeness (QED) is 0.499. The fourth-order valence-electron chi connectivity index (χ4n) is 1.49. The molecule has 0 radical (unpaired) electrons. The third kappa shape index (κ3) is 3.38. The molecule has 0 aliphatic heterocycles. The number of rotatable bonds is 5. The van der Waals surface area contributed by atoms with Crippen LogP contribution in [0.4, 0.5) is 11.4 Å². The van der Waals surface area contributed by atoms with Crippen LogP contribution in [-0.4, -0.2) is 5.62 Å². The van der Waals surface area contributed by atoms with Crippen molar-refractivity contribution in [1.29, 1.82) is 0 Å². The maximum atomic E-state index is 12.5. The fraction of sp³-hybridized carbons (Fsp3) is 0.0769. The molecule has 0 aromatic heterocycles. The van der Waals surface area contributed by atoms with Gasteiger partial charge in [0.2, 0.25) is 0 Å². The maximum absolute atomic E-state index is 12.5. The molecule has 0 unspecified atom stereocenters. The molecular formula is C13H14ClN2O3P. The molecule has 4 N–H and O–H groups in total. The summed E-state index contributed by atoms with van der Waals surface area (Å²) in [5.41, 5.74) is 11.8. The van der Waals surface area contributed by atoms with Crippen LogP contribution in [0, 0.1) is 0 Å². The third-order valence-corrected chi connectivity index (χ3v) is 4.58. The largest absolute Gasteiger partial charge is 0.445 e. The van der Waals surface area contributed by atoms with E-state index >= 15 is 0 Å². The monoisotopic (exact) mass is 312 g/mol. The topological polar surface area (TPSA) is 87.6 Å². The zero-order chi connectivity index (χ0) is 14.6. The summed E-state index contributed by atoms with van der Waals surface area (Å²) in [5, 5.41) is 0. The third-order valence-electron chi connectivity index (χ3n) is 2.46. The highest BCUT2D eigenvalue weighted by molar-refractivity contribution is 7.56. The Morgan fingerprint density at radius 1 is 0.900 bits per heavy atom. The van der Waals surface area contributed by atoms with Crippen molar-refractivity contribution in [2.24, 2.45) is 0 Å². The first kappa shape index (κ1) is 14.6. The summed E-state index contributed by atoms with van der Waals surface area (Å²) >= 11 is 5.72. The predicted molar refractivity (Wildman–Crippen MR) is 81.3 cm³/mol. The normalized spacial score (nSPS) is 11.1. The molecule has 0 saturated heterocycles. The molecule has 0 saturated carbocycles. The second-order valence-electron chi connectivity index (χ2n) is 3.99. The first-order valence-corrected chi connectivity index (χ1v) is 8.03. The van der Waals surface area contributed by atoms with Gasteiger partial charge >= 0.3 is 7.60 Å². The molecule has 0 heterocycles. The van der Waals surface area contributed by atoms with Crippen molar-refractivity contribution in [3.8, 4) is 11.5 Å². The number of benzene rings is 2. The van der Waals surface area contributed by atoms with Crippen LogP contribution in [0.25, 0.3) is 0 Å². The summed E-state index contributed by atoms with van der Waals surface area (Å²) in [4.78, 5) is 0. The zero-order valence-electron chi connectivity index (χ0n) is 10.5. The summed E-state index contributed by atoms with van der Waals surface area (Å²) in [6, 6.07) is 13.3. The van der Waals surface area contributed by atoms with Crippen LogP contribution in [0.3, 0.4) is 0 Å². The summed E-state index contributed by atoms with van der Waals surface area (Å²) in [6.07, 6.45) is 0. The van der Waals surface area contributed by atoms with Gasteiger partial charge in [0, 0.05) is 0 Å². The Morgan fingerprint density at radius 2 is 1.30 bits per heavy atom. The van der Waals surface area contributed by atoms with Gasteiger partial charge in [0.25, 0.3) is 0 Å². The molecule has 0 amide bonds. The van der Waals surface area contributed by atoms with Crippen LogP contribution in [0.1, 0.15) is 0 Å². The number of halogens is 1. The summed E-state index contributed by atoms with van der Waals surface area (Å²) in [6.45, 7) is 0. The highest BCUT2D eigenvalue weighted by Gasteiger charge is 2.28. The van der Waals surface area contributed by atoms with Crippen LogP contribution in [0.2, 0.25) is 0 Å². The van der Waals surface area contributed by atoms with E-state index in [1.165, 1.54) is 0 Å². The maximum Gasteiger partial charge on any atom is 0.445 e. The van der Waals surface area contributed by atoms with Crippen molar-refractivity contribution in [3.05, 3.63) is 48.5 Å². The van der Waals surface area contributed by atoms with Crippen molar-refractivity contribution in [3.63, 3.8) is 0 Å². The van der Waals surface area contributed by atoms with Crippen LogP contribution in [-0.2, 0) is 4.57 Å². The van der Waals surface area contributed by atoms with Crippen molar-refractivity contribution in [1.82, 2.24) is 0 Å². The van der Waals surface area contributed by atoms with E-state index in [4.69, 9.17) is 32.1 Å². The van der Waals surface area contributed by atoms with E-state index in [0.717, 1.165) is 0 Å². The van der Waals surface area contributed by atoms with Gasteiger partial charge in [-0.3, -0.25) is 0 Å². The van der Waals surface area contributed by atoms with Gasteiger partial charge in [0.1, 0.15) is 5.62 Å². The number of hydrogen-bond acceptors (Lipinski definition) is 5. The van der Waals surface area contributed by atoms with Crippen LogP contribution >= 0.6 is 19.2 Å². The number of nitrogens with two attached hydrogens (primary N) is 2. The number of anilines is 2. The van der Waals surface area contributed by atoms with Crippen molar-refractivity contribution in [2.75, 3.05) is 17.1 Å². The second kappa shape index (κ2) is 6.07. The Hall–Kier alpha value is -1.84. The molecule has 106 valence electrons. The Labute approximate surface area is 122 Å². The molecule has 0 aliphatic rings. The lowest BCUT2D eigenvalue weighted by molar-refractivity contribution is 0.393. The van der Waals surface area contributed by atoms with Gasteiger partial charge in [-0.2, -0.15) is 0 Å². The predicted octanol–water partition coefficient (Wildman–Crippen LogP) is 3.70. The van der Waals surface area contributed by atoms with E-state index in [0.29, 0.717) is 11.4 Å². The number of nitrogen functional groups attached to an aromatic ring is 2. The van der Waals surface area contributed by atoms with E-state index in [9.17, 15) is 4.57 Å². The lowest BCUT2D eigenvalue weighted by Gasteiger charge is -2.19. The van der Waals surface area contributed by atoms with E-state index < -0.39 is 7.60 Å². The van der Waals surface area contributed by atoms with E-state index in [2.05, 4.69) is 0 Å². The fourth-order valence-corrected chi connectivity index (χ4v) is 2.85. The number of para-hydroxylation sites is 4. The molecule has 2 aromatic rings. The minimum absolute atomic E-state index is 0.256. The smallest absolute Gasteiger partial charge is 0.413 e. The molecule has 2 aromatic carbocycles. The lowest BCUT2D eigenvalue weighted by Crippen LogP contribution is -2.05. The van der Waals surface area contributed by atoms with Crippen LogP contribution in [0.15, 0.2) is 48.5 Å². The van der Waals surface area contributed by atoms with Gasteiger partial charge in [0.05, 0.1) is 11.4 Å². The summed E-state index contributed by atoms with van der Waals surface area (Å²) < 4.78 is 23.3. The summed E-state index contributed by atoms with van der Waals surface area (Å²) in [7, 11) is -3.59. The van der Waals surface area contributed by atoms with Gasteiger partial charge in [-0.1, -0.05) is 24.3 Å². The lowest BCUT2D eigenvalue weighted by atomic mass is 10.3. The van der Waals surface area contributed by atoms with E-state index in [1.807, 2.05) is 0 Å². The molecule has 0 atom stereocenters. The first-order valence-electron chi connectivity index (χ1n) is 5.77. The number of hydrogen-bond donors (Lipinski definition) is 2. The molecule has 0 aliphatic carbocycles. The zero-order valence-corrected chi connectivity index (χ0v) is 12.2. The van der Waals surface area contributed by atoms with Crippen molar-refractivity contribution < 1.29 is 13.6 Å². The van der Waals surface area contributed by atoms with Gasteiger partial charge in [0.15, 0.2) is 11.5 Å².